The number of para-hydroxylation sites is 1. The maximum Gasteiger partial charge on any atom is 0.573 e. The van der Waals surface area contributed by atoms with Gasteiger partial charge in [-0.2, -0.15) is 0 Å². The van der Waals surface area contributed by atoms with Gasteiger partial charge in [-0.15, -0.1) is 26.3 Å². The molecule has 0 aliphatic heterocycles. The van der Waals surface area contributed by atoms with Crippen molar-refractivity contribution in [2.45, 2.75) is 12.7 Å². The largest absolute Gasteiger partial charge is 0.573 e. The number of halogens is 6. The SMILES string of the molecule is COc1cccc(-c2ccc(OC(F)(F)F)c(OC(F)(F)F)c2)c1OC. The van der Waals surface area contributed by atoms with Crippen molar-refractivity contribution < 1.29 is 45.3 Å². The molecule has 4 nitrogen and oxygen atoms in total. The van der Waals surface area contributed by atoms with Crippen LogP contribution in [0, 0.1) is 0 Å². The predicted molar refractivity (Wildman–Crippen MR) is 78.3 cm³/mol. The van der Waals surface area contributed by atoms with Gasteiger partial charge in [0, 0.05) is 5.56 Å². The van der Waals surface area contributed by atoms with Crippen molar-refractivity contribution in [1.29, 1.82) is 0 Å². The molecule has 0 atom stereocenters. The van der Waals surface area contributed by atoms with Crippen LogP contribution in [0.1, 0.15) is 0 Å². The first kappa shape index (κ1) is 19.5. The third-order valence-corrected chi connectivity index (χ3v) is 3.11. The Balaban J connectivity index is 2.57. The van der Waals surface area contributed by atoms with Crippen LogP contribution in [0.15, 0.2) is 36.4 Å². The maximum absolute atomic E-state index is 12.5. The predicted octanol–water partition coefficient (Wildman–Crippen LogP) is 5.17. The Labute approximate surface area is 143 Å². The molecule has 26 heavy (non-hydrogen) atoms. The number of ether oxygens (including phenoxy) is 4. The first-order valence-corrected chi connectivity index (χ1v) is 6.91. The summed E-state index contributed by atoms with van der Waals surface area (Å²) in [5.74, 6) is -1.78. The number of methoxy groups -OCH3 is 2. The van der Waals surface area contributed by atoms with Crippen LogP contribution >= 0.6 is 0 Å². The van der Waals surface area contributed by atoms with E-state index in [0.29, 0.717) is 5.75 Å². The van der Waals surface area contributed by atoms with E-state index in [1.54, 1.807) is 12.1 Å². The molecule has 0 saturated carbocycles. The molecule has 2 aromatic rings. The van der Waals surface area contributed by atoms with Gasteiger partial charge in [-0.3, -0.25) is 0 Å². The first-order chi connectivity index (χ1) is 12.0. The van der Waals surface area contributed by atoms with Gasteiger partial charge in [0.15, 0.2) is 23.0 Å². The molecule has 0 saturated heterocycles. The highest BCUT2D eigenvalue weighted by molar-refractivity contribution is 5.75. The van der Waals surface area contributed by atoms with Gasteiger partial charge < -0.3 is 18.9 Å². The molecule has 2 aromatic carbocycles. The quantitative estimate of drug-likeness (QED) is 0.669. The zero-order chi connectivity index (χ0) is 19.5. The molecule has 142 valence electrons. The molecule has 0 bridgehead atoms. The summed E-state index contributed by atoms with van der Waals surface area (Å²) in [5.41, 5.74) is 0.395. The van der Waals surface area contributed by atoms with E-state index in [0.717, 1.165) is 18.2 Å². The Kier molecular flexibility index (Phi) is 5.43. The Morgan fingerprint density at radius 1 is 0.692 bits per heavy atom. The van der Waals surface area contributed by atoms with E-state index in [1.807, 2.05) is 0 Å². The zero-order valence-electron chi connectivity index (χ0n) is 13.4. The highest BCUT2D eigenvalue weighted by Gasteiger charge is 2.36. The van der Waals surface area contributed by atoms with E-state index in [1.165, 1.54) is 20.3 Å². The molecule has 0 amide bonds. The molecule has 0 heterocycles. The molecule has 0 spiro atoms. The summed E-state index contributed by atoms with van der Waals surface area (Å²) in [6.07, 6.45) is -10.4. The van der Waals surface area contributed by atoms with E-state index in [2.05, 4.69) is 9.47 Å². The molecule has 0 aromatic heterocycles. The van der Waals surface area contributed by atoms with E-state index in [9.17, 15) is 26.3 Å². The van der Waals surface area contributed by atoms with Crippen molar-refractivity contribution in [3.05, 3.63) is 36.4 Å². The van der Waals surface area contributed by atoms with E-state index in [-0.39, 0.29) is 16.9 Å². The lowest BCUT2D eigenvalue weighted by Gasteiger charge is -2.17. The van der Waals surface area contributed by atoms with Crippen molar-refractivity contribution in [2.75, 3.05) is 14.2 Å². The second-order valence-electron chi connectivity index (χ2n) is 4.80. The van der Waals surface area contributed by atoms with Crippen molar-refractivity contribution in [2.24, 2.45) is 0 Å². The summed E-state index contributed by atoms with van der Waals surface area (Å²) in [6.45, 7) is 0. The van der Waals surface area contributed by atoms with Crippen LogP contribution in [0.4, 0.5) is 26.3 Å². The molecular formula is C16H12F6O4. The molecule has 0 aliphatic rings. The van der Waals surface area contributed by atoms with Crippen LogP contribution < -0.4 is 18.9 Å². The second-order valence-corrected chi connectivity index (χ2v) is 4.80. The Bertz CT molecular complexity index is 770. The minimum absolute atomic E-state index is 0.106. The molecule has 0 fully saturated rings. The van der Waals surface area contributed by atoms with Crippen molar-refractivity contribution >= 4 is 0 Å². The van der Waals surface area contributed by atoms with Gasteiger partial charge in [0.05, 0.1) is 14.2 Å². The third kappa shape index (κ3) is 4.87. The average molecular weight is 382 g/mol. The van der Waals surface area contributed by atoms with Gasteiger partial charge in [-0.05, 0) is 23.8 Å². The van der Waals surface area contributed by atoms with Crippen LogP contribution in [0.3, 0.4) is 0 Å². The number of benzene rings is 2. The summed E-state index contributed by atoms with van der Waals surface area (Å²) in [5, 5.41) is 0. The van der Waals surface area contributed by atoms with Crippen LogP contribution in [0.5, 0.6) is 23.0 Å². The third-order valence-electron chi connectivity index (χ3n) is 3.11. The van der Waals surface area contributed by atoms with Crippen molar-refractivity contribution in [3.8, 4) is 34.1 Å². The fourth-order valence-electron chi connectivity index (χ4n) is 2.20. The van der Waals surface area contributed by atoms with Gasteiger partial charge in [0.2, 0.25) is 0 Å². The highest BCUT2D eigenvalue weighted by Crippen LogP contribution is 2.43. The lowest BCUT2D eigenvalue weighted by Crippen LogP contribution is -2.21. The fraction of sp³-hybridized carbons (Fsp3) is 0.250. The average Bonchev–Trinajstić information content (AvgIpc) is 2.53. The monoisotopic (exact) mass is 382 g/mol. The summed E-state index contributed by atoms with van der Waals surface area (Å²) in [7, 11) is 2.68. The lowest BCUT2D eigenvalue weighted by atomic mass is 10.0. The normalized spacial score (nSPS) is 11.8. The molecule has 2 rings (SSSR count). The smallest absolute Gasteiger partial charge is 0.493 e. The molecule has 0 N–H and O–H groups in total. The minimum Gasteiger partial charge on any atom is -0.493 e. The highest BCUT2D eigenvalue weighted by atomic mass is 19.4. The summed E-state index contributed by atoms with van der Waals surface area (Å²) in [6, 6.07) is 7.23. The van der Waals surface area contributed by atoms with Gasteiger partial charge in [-0.1, -0.05) is 18.2 Å². The standard InChI is InChI=1S/C16H12F6O4/c1-23-12-5-3-4-10(14(12)24-2)9-6-7-11(25-15(17,18)19)13(8-9)26-16(20,21)22/h3-8H,1-2H3. The summed E-state index contributed by atoms with van der Waals surface area (Å²) in [4.78, 5) is 0. The van der Waals surface area contributed by atoms with Gasteiger partial charge in [-0.25, -0.2) is 0 Å². The Morgan fingerprint density at radius 2 is 1.31 bits per heavy atom. The number of hydrogen-bond donors (Lipinski definition) is 0. The molecule has 0 radical (unpaired) electrons. The minimum atomic E-state index is -5.21. The lowest BCUT2D eigenvalue weighted by molar-refractivity contribution is -0.287. The zero-order valence-corrected chi connectivity index (χ0v) is 13.4. The van der Waals surface area contributed by atoms with Gasteiger partial charge >= 0.3 is 12.7 Å². The van der Waals surface area contributed by atoms with Gasteiger partial charge in [0.1, 0.15) is 0 Å². The summed E-state index contributed by atoms with van der Waals surface area (Å²) >= 11 is 0. The van der Waals surface area contributed by atoms with E-state index in [4.69, 9.17) is 9.47 Å². The van der Waals surface area contributed by atoms with Crippen molar-refractivity contribution in [3.63, 3.8) is 0 Å². The van der Waals surface area contributed by atoms with Crippen LogP contribution in [0.25, 0.3) is 11.1 Å². The molecule has 0 aliphatic carbocycles. The number of alkyl halides is 6. The van der Waals surface area contributed by atoms with E-state index < -0.39 is 24.2 Å². The van der Waals surface area contributed by atoms with Crippen LogP contribution in [0.2, 0.25) is 0 Å². The molecule has 10 heteroatoms. The molecule has 0 unspecified atom stereocenters. The van der Waals surface area contributed by atoms with Crippen LogP contribution in [-0.2, 0) is 0 Å². The Morgan fingerprint density at radius 3 is 1.85 bits per heavy atom. The topological polar surface area (TPSA) is 36.9 Å². The van der Waals surface area contributed by atoms with Crippen molar-refractivity contribution in [1.82, 2.24) is 0 Å². The number of rotatable bonds is 5. The van der Waals surface area contributed by atoms with Gasteiger partial charge in [0.25, 0.3) is 0 Å². The summed E-state index contributed by atoms with van der Waals surface area (Å²) < 4.78 is 92.4. The maximum atomic E-state index is 12.5. The fourth-order valence-corrected chi connectivity index (χ4v) is 2.20. The Hall–Kier alpha value is -2.78. The number of hydrogen-bond acceptors (Lipinski definition) is 4. The molecular weight excluding hydrogens is 370 g/mol. The second kappa shape index (κ2) is 7.22. The first-order valence-electron chi connectivity index (χ1n) is 6.91. The van der Waals surface area contributed by atoms with E-state index >= 15 is 0 Å². The van der Waals surface area contributed by atoms with Crippen LogP contribution in [-0.4, -0.2) is 26.9 Å².